The van der Waals surface area contributed by atoms with Crippen LogP contribution in [0.2, 0.25) is 0 Å². The van der Waals surface area contributed by atoms with E-state index in [-0.39, 0.29) is 11.3 Å². The Hall–Kier alpha value is -0.660. The second kappa shape index (κ2) is 7.95. The Labute approximate surface area is 122 Å². The molecule has 1 heterocycles. The molecule has 1 fully saturated rings. The van der Waals surface area contributed by atoms with Gasteiger partial charge in [-0.15, -0.1) is 0 Å². The van der Waals surface area contributed by atoms with Crippen molar-refractivity contribution < 1.29 is 13.2 Å². The minimum absolute atomic E-state index is 0.125. The van der Waals surface area contributed by atoms with Gasteiger partial charge in [0.1, 0.15) is 0 Å². The maximum absolute atomic E-state index is 12.4. The van der Waals surface area contributed by atoms with Gasteiger partial charge < -0.3 is 10.6 Å². The number of piperidine rings is 1. The summed E-state index contributed by atoms with van der Waals surface area (Å²) in [5, 5.41) is 6.25. The van der Waals surface area contributed by atoms with E-state index in [0.29, 0.717) is 19.5 Å². The molecule has 0 saturated carbocycles. The summed E-state index contributed by atoms with van der Waals surface area (Å²) in [5.74, 6) is 0.125. The van der Waals surface area contributed by atoms with Crippen LogP contribution in [0.3, 0.4) is 0 Å². The van der Waals surface area contributed by atoms with Crippen LogP contribution in [0.4, 0.5) is 0 Å². The fraction of sp³-hybridized carbons (Fsp3) is 0.923. The zero-order valence-corrected chi connectivity index (χ0v) is 13.3. The molecule has 0 spiro atoms. The first kappa shape index (κ1) is 17.4. The topological polar surface area (TPSA) is 87.3 Å². The van der Waals surface area contributed by atoms with Gasteiger partial charge in [0, 0.05) is 13.1 Å². The van der Waals surface area contributed by atoms with Gasteiger partial charge in [0.25, 0.3) is 0 Å². The molecule has 0 aliphatic carbocycles. The summed E-state index contributed by atoms with van der Waals surface area (Å²) in [6.45, 7) is 4.76. The molecule has 0 bridgehead atoms. The van der Waals surface area contributed by atoms with Crippen LogP contribution >= 0.6 is 0 Å². The first-order valence-corrected chi connectivity index (χ1v) is 9.22. The summed E-state index contributed by atoms with van der Waals surface area (Å²) in [5.41, 5.74) is -0.232. The van der Waals surface area contributed by atoms with Crippen molar-refractivity contribution >= 4 is 15.9 Å². The molecule has 0 radical (unpaired) electrons. The van der Waals surface area contributed by atoms with Crippen LogP contribution in [0.5, 0.6) is 0 Å². The number of carbonyl (C=O) groups excluding carboxylic acids is 1. The minimum Gasteiger partial charge on any atom is -0.356 e. The van der Waals surface area contributed by atoms with E-state index in [9.17, 15) is 13.2 Å². The molecule has 1 rings (SSSR count). The summed E-state index contributed by atoms with van der Waals surface area (Å²) >= 11 is 0. The van der Waals surface area contributed by atoms with Crippen LogP contribution in [-0.4, -0.2) is 46.8 Å². The van der Waals surface area contributed by atoms with E-state index in [1.807, 2.05) is 0 Å². The van der Waals surface area contributed by atoms with Gasteiger partial charge in [0.2, 0.25) is 15.9 Å². The first-order valence-electron chi connectivity index (χ1n) is 7.33. The molecular weight excluding hydrogens is 278 g/mol. The Kier molecular flexibility index (Phi) is 6.91. The van der Waals surface area contributed by atoms with Gasteiger partial charge in [-0.05, 0) is 38.8 Å². The lowest BCUT2D eigenvalue weighted by atomic mass is 9.74. The number of hydrogen-bond acceptors (Lipinski definition) is 4. The van der Waals surface area contributed by atoms with Crippen molar-refractivity contribution in [1.29, 1.82) is 0 Å². The van der Waals surface area contributed by atoms with Crippen LogP contribution in [-0.2, 0) is 14.8 Å². The maximum atomic E-state index is 12.4. The number of hydrogen-bond donors (Lipinski definition) is 3. The van der Waals surface area contributed by atoms with Gasteiger partial charge in [0.05, 0.1) is 11.7 Å². The predicted molar refractivity (Wildman–Crippen MR) is 79.9 cm³/mol. The lowest BCUT2D eigenvalue weighted by Gasteiger charge is -2.36. The fourth-order valence-electron chi connectivity index (χ4n) is 2.71. The highest BCUT2D eigenvalue weighted by Gasteiger charge is 2.38. The zero-order chi connectivity index (χ0) is 15.1. The van der Waals surface area contributed by atoms with Crippen molar-refractivity contribution in [1.82, 2.24) is 15.4 Å². The van der Waals surface area contributed by atoms with Gasteiger partial charge in [-0.2, -0.15) is 0 Å². The zero-order valence-electron chi connectivity index (χ0n) is 12.5. The molecule has 3 N–H and O–H groups in total. The summed E-state index contributed by atoms with van der Waals surface area (Å²) in [7, 11) is -3.14. The van der Waals surface area contributed by atoms with Crippen LogP contribution in [0.25, 0.3) is 0 Å². The number of amides is 1. The van der Waals surface area contributed by atoms with Crippen molar-refractivity contribution in [2.75, 3.05) is 32.4 Å². The molecule has 1 aliphatic heterocycles. The minimum atomic E-state index is -3.14. The van der Waals surface area contributed by atoms with E-state index >= 15 is 0 Å². The van der Waals surface area contributed by atoms with E-state index in [0.717, 1.165) is 45.0 Å². The molecule has 1 amide bonds. The summed E-state index contributed by atoms with van der Waals surface area (Å²) in [4.78, 5) is 12.4. The molecule has 0 aromatic rings. The number of rotatable bonds is 8. The monoisotopic (exact) mass is 305 g/mol. The van der Waals surface area contributed by atoms with Crippen molar-refractivity contribution in [2.24, 2.45) is 5.41 Å². The van der Waals surface area contributed by atoms with E-state index in [4.69, 9.17) is 0 Å². The van der Waals surface area contributed by atoms with Crippen molar-refractivity contribution in [3.63, 3.8) is 0 Å². The van der Waals surface area contributed by atoms with E-state index in [2.05, 4.69) is 22.3 Å². The lowest BCUT2D eigenvalue weighted by molar-refractivity contribution is -0.133. The van der Waals surface area contributed by atoms with Gasteiger partial charge >= 0.3 is 0 Å². The molecule has 118 valence electrons. The van der Waals surface area contributed by atoms with Gasteiger partial charge in [0.15, 0.2) is 0 Å². The molecule has 0 aromatic heterocycles. The van der Waals surface area contributed by atoms with Crippen molar-refractivity contribution in [3.8, 4) is 0 Å². The van der Waals surface area contributed by atoms with Gasteiger partial charge in [-0.1, -0.05) is 13.3 Å². The second-order valence-corrected chi connectivity index (χ2v) is 7.39. The Balaban J connectivity index is 2.35. The third kappa shape index (κ3) is 5.76. The standard InChI is InChI=1S/C13H27N3O3S/c1-3-5-13(6-10-14-11-7-13)12(17)15-8-4-9-16-20(2,18)19/h14,16H,3-11H2,1-2H3,(H,15,17). The summed E-state index contributed by atoms with van der Waals surface area (Å²) < 4.78 is 24.2. The third-order valence-corrected chi connectivity index (χ3v) is 4.50. The van der Waals surface area contributed by atoms with Gasteiger partial charge in [-0.3, -0.25) is 4.79 Å². The summed E-state index contributed by atoms with van der Waals surface area (Å²) in [6.07, 6.45) is 5.43. The largest absolute Gasteiger partial charge is 0.356 e. The average molecular weight is 305 g/mol. The Bertz CT molecular complexity index is 398. The SMILES string of the molecule is CCCC1(C(=O)NCCCNS(C)(=O)=O)CCNCC1. The number of carbonyl (C=O) groups is 1. The van der Waals surface area contributed by atoms with E-state index in [1.165, 1.54) is 0 Å². The van der Waals surface area contributed by atoms with Crippen LogP contribution in [0.15, 0.2) is 0 Å². The molecule has 6 nitrogen and oxygen atoms in total. The number of nitrogens with one attached hydrogen (secondary N) is 3. The van der Waals surface area contributed by atoms with Crippen molar-refractivity contribution in [3.05, 3.63) is 0 Å². The smallest absolute Gasteiger partial charge is 0.226 e. The van der Waals surface area contributed by atoms with Gasteiger partial charge in [-0.25, -0.2) is 13.1 Å². The Morgan fingerprint density at radius 1 is 1.25 bits per heavy atom. The quantitative estimate of drug-likeness (QED) is 0.560. The highest BCUT2D eigenvalue weighted by atomic mass is 32.2. The molecule has 1 saturated heterocycles. The lowest BCUT2D eigenvalue weighted by Crippen LogP contribution is -2.48. The highest BCUT2D eigenvalue weighted by molar-refractivity contribution is 7.88. The predicted octanol–water partition coefficient (Wildman–Crippen LogP) is 0.212. The molecule has 0 unspecified atom stereocenters. The maximum Gasteiger partial charge on any atom is 0.226 e. The molecule has 7 heteroatoms. The normalized spacial score (nSPS) is 18.7. The van der Waals surface area contributed by atoms with Crippen molar-refractivity contribution in [2.45, 2.75) is 39.0 Å². The molecule has 1 aliphatic rings. The second-order valence-electron chi connectivity index (χ2n) is 5.56. The summed E-state index contributed by atoms with van der Waals surface area (Å²) in [6, 6.07) is 0. The number of sulfonamides is 1. The average Bonchev–Trinajstić information content (AvgIpc) is 2.38. The molecular formula is C13H27N3O3S. The molecule has 0 aromatic carbocycles. The highest BCUT2D eigenvalue weighted by Crippen LogP contribution is 2.34. The third-order valence-electron chi connectivity index (χ3n) is 3.77. The Morgan fingerprint density at radius 3 is 2.45 bits per heavy atom. The molecule has 0 atom stereocenters. The van der Waals surface area contributed by atoms with Crippen LogP contribution in [0, 0.1) is 5.41 Å². The van der Waals surface area contributed by atoms with E-state index < -0.39 is 10.0 Å². The fourth-order valence-corrected chi connectivity index (χ4v) is 3.22. The van der Waals surface area contributed by atoms with Crippen LogP contribution < -0.4 is 15.4 Å². The van der Waals surface area contributed by atoms with Crippen LogP contribution in [0.1, 0.15) is 39.0 Å². The van der Waals surface area contributed by atoms with E-state index in [1.54, 1.807) is 0 Å². The first-order chi connectivity index (χ1) is 9.40. The Morgan fingerprint density at radius 2 is 1.90 bits per heavy atom. The molecule has 20 heavy (non-hydrogen) atoms.